The molecule has 1 aliphatic carbocycles. The van der Waals surface area contributed by atoms with E-state index in [1.807, 2.05) is 12.1 Å². The number of nitrogens with one attached hydrogen (secondary N) is 1. The number of methoxy groups -OCH3 is 1. The molecule has 1 saturated carbocycles. The van der Waals surface area contributed by atoms with Gasteiger partial charge in [0, 0.05) is 6.54 Å². The van der Waals surface area contributed by atoms with Crippen LogP contribution in [0.2, 0.25) is 0 Å². The molecule has 0 spiro atoms. The first-order valence-corrected chi connectivity index (χ1v) is 5.36. The molecule has 15 heavy (non-hydrogen) atoms. The monoisotopic (exact) mass is 206 g/mol. The second-order valence-electron chi connectivity index (χ2n) is 4.85. The molecule has 0 bridgehead atoms. The summed E-state index contributed by atoms with van der Waals surface area (Å²) in [6.07, 6.45) is 3.05. The smallest absolute Gasteiger partial charge is 0.137 e. The predicted octanol–water partition coefficient (Wildman–Crippen LogP) is 2.55. The molecule has 1 aromatic rings. The van der Waals surface area contributed by atoms with Gasteiger partial charge in [0.1, 0.15) is 11.6 Å². The van der Waals surface area contributed by atoms with Gasteiger partial charge in [0.15, 0.2) is 0 Å². The van der Waals surface area contributed by atoms with Crippen LogP contribution in [0.1, 0.15) is 20.3 Å². The number of aromatic nitrogens is 1. The first kappa shape index (κ1) is 10.3. The van der Waals surface area contributed by atoms with Crippen LogP contribution in [-0.2, 0) is 0 Å². The number of anilines is 1. The van der Waals surface area contributed by atoms with Gasteiger partial charge < -0.3 is 10.1 Å². The second-order valence-corrected chi connectivity index (χ2v) is 4.85. The highest BCUT2D eigenvalue weighted by atomic mass is 16.5. The van der Waals surface area contributed by atoms with Crippen LogP contribution in [0.15, 0.2) is 18.3 Å². The van der Waals surface area contributed by atoms with Crippen molar-refractivity contribution >= 4 is 5.82 Å². The zero-order valence-corrected chi connectivity index (χ0v) is 9.58. The molecule has 1 atom stereocenters. The highest BCUT2D eigenvalue weighted by Gasteiger charge is 2.44. The molecule has 1 fully saturated rings. The van der Waals surface area contributed by atoms with Gasteiger partial charge in [-0.15, -0.1) is 0 Å². The maximum absolute atomic E-state index is 5.05. The highest BCUT2D eigenvalue weighted by molar-refractivity contribution is 5.37. The Morgan fingerprint density at radius 2 is 2.27 bits per heavy atom. The van der Waals surface area contributed by atoms with Crippen molar-refractivity contribution in [2.24, 2.45) is 11.3 Å². The maximum atomic E-state index is 5.05. The molecule has 82 valence electrons. The summed E-state index contributed by atoms with van der Waals surface area (Å²) >= 11 is 0. The third kappa shape index (κ3) is 2.41. The minimum atomic E-state index is 0.527. The van der Waals surface area contributed by atoms with Gasteiger partial charge in [0.05, 0.1) is 13.3 Å². The molecule has 3 heteroatoms. The number of hydrogen-bond donors (Lipinski definition) is 1. The van der Waals surface area contributed by atoms with Gasteiger partial charge >= 0.3 is 0 Å². The van der Waals surface area contributed by atoms with Crippen LogP contribution in [0.4, 0.5) is 5.82 Å². The standard InChI is InChI=1S/C12H18N2O/c1-12(2)6-9(12)7-13-11-5-4-10(15-3)8-14-11/h4-5,8-9H,6-7H2,1-3H3,(H,13,14). The number of rotatable bonds is 4. The lowest BCUT2D eigenvalue weighted by Crippen LogP contribution is -2.08. The van der Waals surface area contributed by atoms with Gasteiger partial charge in [-0.25, -0.2) is 4.98 Å². The lowest BCUT2D eigenvalue weighted by atomic mass is 10.1. The molecule has 1 aromatic heterocycles. The summed E-state index contributed by atoms with van der Waals surface area (Å²) in [6.45, 7) is 5.63. The minimum absolute atomic E-state index is 0.527. The van der Waals surface area contributed by atoms with E-state index in [4.69, 9.17) is 4.74 Å². The number of pyridine rings is 1. The van der Waals surface area contributed by atoms with E-state index in [1.165, 1.54) is 6.42 Å². The molecule has 0 saturated heterocycles. The van der Waals surface area contributed by atoms with E-state index in [9.17, 15) is 0 Å². The Morgan fingerprint density at radius 1 is 1.53 bits per heavy atom. The molecular formula is C12H18N2O. The molecule has 0 aliphatic heterocycles. The Bertz CT molecular complexity index is 332. The van der Waals surface area contributed by atoms with E-state index in [0.717, 1.165) is 24.0 Å². The predicted molar refractivity (Wildman–Crippen MR) is 61.2 cm³/mol. The molecule has 3 nitrogen and oxygen atoms in total. The average molecular weight is 206 g/mol. The Kier molecular flexibility index (Phi) is 2.55. The first-order chi connectivity index (χ1) is 7.12. The van der Waals surface area contributed by atoms with Gasteiger partial charge in [-0.3, -0.25) is 0 Å². The summed E-state index contributed by atoms with van der Waals surface area (Å²) in [4.78, 5) is 4.26. The van der Waals surface area contributed by atoms with Crippen molar-refractivity contribution in [1.29, 1.82) is 0 Å². The van der Waals surface area contributed by atoms with E-state index in [2.05, 4.69) is 24.1 Å². The largest absolute Gasteiger partial charge is 0.495 e. The summed E-state index contributed by atoms with van der Waals surface area (Å²) in [6, 6.07) is 3.88. The zero-order chi connectivity index (χ0) is 10.9. The molecule has 0 amide bonds. The molecule has 1 N–H and O–H groups in total. The third-order valence-electron chi connectivity index (χ3n) is 3.22. The Balaban J connectivity index is 1.84. The first-order valence-electron chi connectivity index (χ1n) is 5.36. The van der Waals surface area contributed by atoms with Crippen molar-refractivity contribution in [3.8, 4) is 5.75 Å². The fraction of sp³-hybridized carbons (Fsp3) is 0.583. The zero-order valence-electron chi connectivity index (χ0n) is 9.58. The summed E-state index contributed by atoms with van der Waals surface area (Å²) in [7, 11) is 1.65. The summed E-state index contributed by atoms with van der Waals surface area (Å²) in [5, 5.41) is 3.35. The van der Waals surface area contributed by atoms with E-state index < -0.39 is 0 Å². The van der Waals surface area contributed by atoms with Gasteiger partial charge in [0.25, 0.3) is 0 Å². The SMILES string of the molecule is COc1ccc(NCC2CC2(C)C)nc1. The van der Waals surface area contributed by atoms with E-state index in [-0.39, 0.29) is 0 Å². The van der Waals surface area contributed by atoms with Crippen LogP contribution in [-0.4, -0.2) is 18.6 Å². The van der Waals surface area contributed by atoms with Crippen LogP contribution >= 0.6 is 0 Å². The Hall–Kier alpha value is -1.25. The van der Waals surface area contributed by atoms with Crippen molar-refractivity contribution in [2.75, 3.05) is 19.0 Å². The van der Waals surface area contributed by atoms with Crippen LogP contribution in [0.25, 0.3) is 0 Å². The highest BCUT2D eigenvalue weighted by Crippen LogP contribution is 2.51. The van der Waals surface area contributed by atoms with E-state index in [0.29, 0.717) is 5.41 Å². The van der Waals surface area contributed by atoms with Gasteiger partial charge in [-0.2, -0.15) is 0 Å². The molecule has 2 rings (SSSR count). The number of nitrogens with zero attached hydrogens (tertiary/aromatic N) is 1. The van der Waals surface area contributed by atoms with Crippen LogP contribution in [0.3, 0.4) is 0 Å². The van der Waals surface area contributed by atoms with Crippen LogP contribution < -0.4 is 10.1 Å². The molecule has 1 aliphatic rings. The summed E-state index contributed by atoms with van der Waals surface area (Å²) in [5.41, 5.74) is 0.527. The fourth-order valence-corrected chi connectivity index (χ4v) is 1.76. The van der Waals surface area contributed by atoms with Crippen molar-refractivity contribution in [2.45, 2.75) is 20.3 Å². The van der Waals surface area contributed by atoms with Crippen LogP contribution in [0.5, 0.6) is 5.75 Å². The quantitative estimate of drug-likeness (QED) is 0.822. The van der Waals surface area contributed by atoms with Crippen molar-refractivity contribution < 1.29 is 4.74 Å². The topological polar surface area (TPSA) is 34.1 Å². The second kappa shape index (κ2) is 3.72. The van der Waals surface area contributed by atoms with Gasteiger partial charge in [-0.1, -0.05) is 13.8 Å². The van der Waals surface area contributed by atoms with E-state index >= 15 is 0 Å². The third-order valence-corrected chi connectivity index (χ3v) is 3.22. The molecular weight excluding hydrogens is 188 g/mol. The maximum Gasteiger partial charge on any atom is 0.137 e. The molecule has 1 unspecified atom stereocenters. The van der Waals surface area contributed by atoms with Crippen molar-refractivity contribution in [3.63, 3.8) is 0 Å². The Labute approximate surface area is 90.9 Å². The number of hydrogen-bond acceptors (Lipinski definition) is 3. The average Bonchev–Trinajstić information content (AvgIpc) is 2.84. The van der Waals surface area contributed by atoms with Gasteiger partial charge in [0.2, 0.25) is 0 Å². The van der Waals surface area contributed by atoms with Crippen molar-refractivity contribution in [1.82, 2.24) is 4.98 Å². The Morgan fingerprint density at radius 3 is 2.73 bits per heavy atom. The van der Waals surface area contributed by atoms with E-state index in [1.54, 1.807) is 13.3 Å². The lowest BCUT2D eigenvalue weighted by molar-refractivity contribution is 0.413. The normalized spacial score (nSPS) is 22.2. The number of ether oxygens (including phenoxy) is 1. The van der Waals surface area contributed by atoms with Crippen molar-refractivity contribution in [3.05, 3.63) is 18.3 Å². The minimum Gasteiger partial charge on any atom is -0.495 e. The summed E-state index contributed by atoms with van der Waals surface area (Å²) < 4.78 is 5.05. The molecule has 1 heterocycles. The summed E-state index contributed by atoms with van der Waals surface area (Å²) in [5.74, 6) is 2.52. The fourth-order valence-electron chi connectivity index (χ4n) is 1.76. The molecule has 0 aromatic carbocycles. The molecule has 0 radical (unpaired) electrons. The lowest BCUT2D eigenvalue weighted by Gasteiger charge is -2.07. The van der Waals surface area contributed by atoms with Gasteiger partial charge in [-0.05, 0) is 29.9 Å². The van der Waals surface area contributed by atoms with Crippen LogP contribution in [0, 0.1) is 11.3 Å².